The van der Waals surface area contributed by atoms with Gasteiger partial charge in [0.05, 0.1) is 0 Å². The van der Waals surface area contributed by atoms with Crippen LogP contribution in [0.25, 0.3) is 0 Å². The van der Waals surface area contributed by atoms with E-state index >= 15 is 0 Å². The third kappa shape index (κ3) is 56.2. The molecule has 0 aromatic rings. The van der Waals surface area contributed by atoms with Crippen LogP contribution in [0.15, 0.2) is 0 Å². The summed E-state index contributed by atoms with van der Waals surface area (Å²) in [5.74, 6) is -1.98. The van der Waals surface area contributed by atoms with Crippen LogP contribution in [0, 0.1) is 0 Å². The predicted octanol–water partition coefficient (Wildman–Crippen LogP) is 12.8. The molecule has 0 unspecified atom stereocenters. The Balaban J connectivity index is -0.000000587. The van der Waals surface area contributed by atoms with E-state index in [4.69, 9.17) is 15.3 Å². The minimum Gasteiger partial charge on any atom is -0.481 e. The lowest BCUT2D eigenvalue weighted by molar-refractivity contribution is -0.138. The number of hydrogen-bond acceptors (Lipinski definition) is 3. The number of carboxylic acid groups (broad SMARTS) is 3. The largest absolute Gasteiger partial charge is 0.481 e. The fourth-order valence-corrected chi connectivity index (χ4v) is 5.11. The van der Waals surface area contributed by atoms with E-state index in [1.54, 1.807) is 0 Å². The van der Waals surface area contributed by atoms with Crippen LogP contribution >= 0.6 is 0 Å². The molecule has 0 aliphatic rings. The van der Waals surface area contributed by atoms with Crippen molar-refractivity contribution in [3.05, 3.63) is 0 Å². The minimum atomic E-state index is -0.663. The highest BCUT2D eigenvalue weighted by atomic mass is 16.4. The first-order valence-corrected chi connectivity index (χ1v) is 19.0. The molecule has 0 atom stereocenters. The topological polar surface area (TPSA) is 112 Å². The van der Waals surface area contributed by atoms with Crippen LogP contribution in [0.1, 0.15) is 226 Å². The van der Waals surface area contributed by atoms with Crippen molar-refractivity contribution in [2.45, 2.75) is 226 Å². The first-order valence-electron chi connectivity index (χ1n) is 19.0. The Kier molecular flexibility index (Phi) is 46.3. The molecule has 3 N–H and O–H groups in total. The van der Waals surface area contributed by atoms with Gasteiger partial charge in [0.1, 0.15) is 0 Å². The van der Waals surface area contributed by atoms with Crippen molar-refractivity contribution in [3.8, 4) is 0 Å². The zero-order valence-electron chi connectivity index (χ0n) is 29.7. The second-order valence-corrected chi connectivity index (χ2v) is 12.6. The molecule has 6 heteroatoms. The van der Waals surface area contributed by atoms with Gasteiger partial charge in [-0.15, -0.1) is 0 Å². The second kappa shape index (κ2) is 43.5. The minimum absolute atomic E-state index is 0.341. The zero-order chi connectivity index (χ0) is 33.4. The van der Waals surface area contributed by atoms with Crippen LogP contribution in [-0.2, 0) is 14.4 Å². The summed E-state index contributed by atoms with van der Waals surface area (Å²) in [4.78, 5) is 30.6. The van der Waals surface area contributed by atoms with Crippen molar-refractivity contribution in [1.29, 1.82) is 0 Å². The van der Waals surface area contributed by atoms with Gasteiger partial charge in [0.2, 0.25) is 0 Å². The lowest BCUT2D eigenvalue weighted by atomic mass is 10.0. The van der Waals surface area contributed by atoms with Crippen LogP contribution < -0.4 is 0 Å². The highest BCUT2D eigenvalue weighted by molar-refractivity contribution is 5.67. The Hall–Kier alpha value is -1.59. The fourth-order valence-electron chi connectivity index (χ4n) is 5.11. The molecule has 6 nitrogen and oxygen atoms in total. The number of hydrogen-bond donors (Lipinski definition) is 3. The molecule has 0 aliphatic carbocycles. The number of carbonyl (C=O) groups is 3. The van der Waals surface area contributed by atoms with E-state index in [-0.39, 0.29) is 0 Å². The average Bonchev–Trinajstić information content (AvgIpc) is 2.98. The summed E-state index contributed by atoms with van der Waals surface area (Å²) in [6.07, 6.45) is 37.4. The summed E-state index contributed by atoms with van der Waals surface area (Å²) in [6.45, 7) is 6.69. The van der Waals surface area contributed by atoms with Crippen molar-refractivity contribution in [2.75, 3.05) is 0 Å². The van der Waals surface area contributed by atoms with Gasteiger partial charge in [0.15, 0.2) is 0 Å². The molecular formula is C38H76O6. The van der Waals surface area contributed by atoms with E-state index in [2.05, 4.69) is 20.8 Å². The maximum atomic E-state index is 10.3. The second-order valence-electron chi connectivity index (χ2n) is 12.6. The SMILES string of the molecule is CCCCCCCCCC(=O)O.CCCCCCCCCCCC(=O)O.CCCCCCCCCCCCCCCC(=O)O. The summed E-state index contributed by atoms with van der Waals surface area (Å²) in [6, 6.07) is 0. The standard InChI is InChI=1S/C16H32O2.C12H24O2.C10H20O2/c1-2-3-4-5-6-7-8-9-10-11-12-13-14-15-16(17)18;1-2-3-4-5-6-7-8-9-10-11-12(13)14;1-2-3-4-5-6-7-8-9-10(11)12/h2-15H2,1H3,(H,17,18);2-11H2,1H3,(H,13,14);2-9H2,1H3,(H,11,12). The summed E-state index contributed by atoms with van der Waals surface area (Å²) in [7, 11) is 0. The molecule has 0 radical (unpaired) electrons. The van der Waals surface area contributed by atoms with E-state index in [1.165, 1.54) is 148 Å². The molecule has 0 spiro atoms. The van der Waals surface area contributed by atoms with Gasteiger partial charge in [-0.2, -0.15) is 0 Å². The summed E-state index contributed by atoms with van der Waals surface area (Å²) >= 11 is 0. The van der Waals surface area contributed by atoms with Gasteiger partial charge in [-0.3, -0.25) is 14.4 Å². The van der Waals surface area contributed by atoms with Gasteiger partial charge in [-0.05, 0) is 19.3 Å². The normalized spacial score (nSPS) is 10.4. The highest BCUT2D eigenvalue weighted by Gasteiger charge is 1.98. The van der Waals surface area contributed by atoms with Gasteiger partial charge in [0.25, 0.3) is 0 Å². The van der Waals surface area contributed by atoms with Gasteiger partial charge in [0, 0.05) is 19.3 Å². The van der Waals surface area contributed by atoms with Crippen molar-refractivity contribution in [2.24, 2.45) is 0 Å². The highest BCUT2D eigenvalue weighted by Crippen LogP contribution is 2.13. The Morgan fingerprint density at radius 1 is 0.273 bits per heavy atom. The molecule has 44 heavy (non-hydrogen) atoms. The summed E-state index contributed by atoms with van der Waals surface area (Å²) in [5.41, 5.74) is 0. The quantitative estimate of drug-likeness (QED) is 0.0639. The molecule has 0 saturated carbocycles. The van der Waals surface area contributed by atoms with Crippen LogP contribution in [0.3, 0.4) is 0 Å². The van der Waals surface area contributed by atoms with Crippen LogP contribution in [-0.4, -0.2) is 33.2 Å². The molecule has 0 saturated heterocycles. The molecule has 0 bridgehead atoms. The van der Waals surface area contributed by atoms with Crippen LogP contribution in [0.4, 0.5) is 0 Å². The van der Waals surface area contributed by atoms with Gasteiger partial charge in [-0.1, -0.05) is 188 Å². The lowest BCUT2D eigenvalue weighted by Gasteiger charge is -2.02. The molecule has 0 aromatic carbocycles. The van der Waals surface area contributed by atoms with Crippen molar-refractivity contribution >= 4 is 17.9 Å². The van der Waals surface area contributed by atoms with Crippen molar-refractivity contribution in [3.63, 3.8) is 0 Å². The monoisotopic (exact) mass is 629 g/mol. The Labute approximate surface area is 273 Å². The Morgan fingerprint density at radius 3 is 0.545 bits per heavy atom. The molecule has 0 fully saturated rings. The average molecular weight is 629 g/mol. The fraction of sp³-hybridized carbons (Fsp3) is 0.921. The summed E-state index contributed by atoms with van der Waals surface area (Å²) in [5, 5.41) is 25.3. The van der Waals surface area contributed by atoms with E-state index in [0.717, 1.165) is 38.5 Å². The smallest absolute Gasteiger partial charge is 0.303 e. The molecular weight excluding hydrogens is 552 g/mol. The van der Waals surface area contributed by atoms with Gasteiger partial charge < -0.3 is 15.3 Å². The third-order valence-corrected chi connectivity index (χ3v) is 7.98. The van der Waals surface area contributed by atoms with E-state index < -0.39 is 17.9 Å². The maximum absolute atomic E-state index is 10.3. The van der Waals surface area contributed by atoms with Gasteiger partial charge in [-0.25, -0.2) is 0 Å². The molecule has 0 amide bonds. The summed E-state index contributed by atoms with van der Waals surface area (Å²) < 4.78 is 0. The first-order chi connectivity index (χ1) is 21.3. The van der Waals surface area contributed by atoms with Crippen molar-refractivity contribution < 1.29 is 29.7 Å². The predicted molar refractivity (Wildman–Crippen MR) is 188 cm³/mol. The van der Waals surface area contributed by atoms with E-state index in [0.29, 0.717) is 19.3 Å². The van der Waals surface area contributed by atoms with Crippen LogP contribution in [0.2, 0.25) is 0 Å². The number of aliphatic carboxylic acids is 3. The third-order valence-electron chi connectivity index (χ3n) is 7.98. The van der Waals surface area contributed by atoms with Crippen molar-refractivity contribution in [1.82, 2.24) is 0 Å². The lowest BCUT2D eigenvalue weighted by Crippen LogP contribution is -1.93. The molecule has 0 heterocycles. The number of carboxylic acids is 3. The Bertz CT molecular complexity index is 578. The van der Waals surface area contributed by atoms with E-state index in [1.807, 2.05) is 0 Å². The first kappa shape index (κ1) is 46.8. The van der Waals surface area contributed by atoms with E-state index in [9.17, 15) is 14.4 Å². The number of unbranched alkanes of at least 4 members (excludes halogenated alkanes) is 26. The number of rotatable bonds is 32. The maximum Gasteiger partial charge on any atom is 0.303 e. The molecule has 0 rings (SSSR count). The zero-order valence-corrected chi connectivity index (χ0v) is 29.7. The van der Waals surface area contributed by atoms with Crippen LogP contribution in [0.5, 0.6) is 0 Å². The van der Waals surface area contributed by atoms with Gasteiger partial charge >= 0.3 is 17.9 Å². The Morgan fingerprint density at radius 2 is 0.409 bits per heavy atom. The molecule has 264 valence electrons. The molecule has 0 aromatic heterocycles. The molecule has 0 aliphatic heterocycles.